The largest absolute Gasteiger partial charge is 0.384 e. The number of nitrogen functional groups attached to an aromatic ring is 1. The summed E-state index contributed by atoms with van der Waals surface area (Å²) in [5.74, 6) is 0.356. The Bertz CT molecular complexity index is 1140. The number of carbonyl (C=O) groups is 1. The van der Waals surface area contributed by atoms with Crippen molar-refractivity contribution >= 4 is 38.5 Å². The van der Waals surface area contributed by atoms with Crippen LogP contribution >= 0.6 is 0 Å². The van der Waals surface area contributed by atoms with Crippen LogP contribution in [0.1, 0.15) is 25.3 Å². The molecule has 2 aromatic rings. The van der Waals surface area contributed by atoms with E-state index in [0.29, 0.717) is 37.5 Å². The van der Waals surface area contributed by atoms with E-state index in [4.69, 9.17) is 5.73 Å². The van der Waals surface area contributed by atoms with Crippen molar-refractivity contribution < 1.29 is 13.2 Å². The molecule has 2 amide bonds. The molecule has 3 N–H and O–H groups in total. The molecule has 31 heavy (non-hydrogen) atoms. The summed E-state index contributed by atoms with van der Waals surface area (Å²) in [6, 6.07) is 5.11. The average Bonchev–Trinajstić information content (AvgIpc) is 3.41. The molecule has 168 valence electrons. The summed E-state index contributed by atoms with van der Waals surface area (Å²) in [4.78, 5) is 22.4. The Hall–Kier alpha value is -2.59. The minimum atomic E-state index is -3.70. The Morgan fingerprint density at radius 3 is 2.39 bits per heavy atom. The van der Waals surface area contributed by atoms with Crippen molar-refractivity contribution in [3.8, 4) is 0 Å². The summed E-state index contributed by atoms with van der Waals surface area (Å²) >= 11 is 0. The second-order valence-corrected chi connectivity index (χ2v) is 10.7. The van der Waals surface area contributed by atoms with E-state index in [1.165, 1.54) is 0 Å². The van der Waals surface area contributed by atoms with Gasteiger partial charge in [-0.2, -0.15) is 0 Å². The molecule has 9 nitrogen and oxygen atoms in total. The second kappa shape index (κ2) is 7.52. The van der Waals surface area contributed by atoms with E-state index in [2.05, 4.69) is 14.6 Å². The van der Waals surface area contributed by atoms with Gasteiger partial charge < -0.3 is 20.4 Å². The summed E-state index contributed by atoms with van der Waals surface area (Å²) in [7, 11) is -0.219. The zero-order valence-corrected chi connectivity index (χ0v) is 19.3. The highest BCUT2D eigenvalue weighted by atomic mass is 32.2. The molecule has 0 bridgehead atoms. The van der Waals surface area contributed by atoms with Crippen molar-refractivity contribution in [3.05, 3.63) is 23.8 Å². The molecule has 1 aromatic heterocycles. The number of fused-ring (bicyclic) bond motifs is 1. The third-order valence-electron chi connectivity index (χ3n) is 6.04. The molecular weight excluding hydrogens is 416 g/mol. The van der Waals surface area contributed by atoms with Gasteiger partial charge >= 0.3 is 6.03 Å². The highest BCUT2D eigenvalue weighted by Crippen LogP contribution is 2.38. The summed E-state index contributed by atoms with van der Waals surface area (Å²) in [6.07, 6.45) is 1.66. The number of hydrogen-bond donors (Lipinski definition) is 2. The molecular formula is C21H30N6O3S. The molecule has 2 heterocycles. The normalized spacial score (nSPS) is 18.3. The number of sulfonamides is 1. The van der Waals surface area contributed by atoms with Gasteiger partial charge in [0.2, 0.25) is 10.0 Å². The van der Waals surface area contributed by atoms with E-state index in [9.17, 15) is 13.2 Å². The fourth-order valence-corrected chi connectivity index (χ4v) is 5.55. The number of amides is 2. The van der Waals surface area contributed by atoms with Gasteiger partial charge in [0.25, 0.3) is 0 Å². The number of carbonyl (C=O) groups excluding carboxylic acids is 1. The van der Waals surface area contributed by atoms with Crippen LogP contribution in [0, 0.1) is 6.92 Å². The van der Waals surface area contributed by atoms with Crippen LogP contribution in [-0.2, 0) is 10.0 Å². The van der Waals surface area contributed by atoms with Crippen LogP contribution in [-0.4, -0.2) is 75.0 Å². The lowest BCUT2D eigenvalue weighted by Crippen LogP contribution is -2.51. The fraction of sp³-hybridized carbons (Fsp3) is 0.524. The van der Waals surface area contributed by atoms with Gasteiger partial charge in [0, 0.05) is 56.9 Å². The third-order valence-corrected chi connectivity index (χ3v) is 7.66. The lowest BCUT2D eigenvalue weighted by molar-refractivity contribution is 0.168. The topological polar surface area (TPSA) is 112 Å². The van der Waals surface area contributed by atoms with E-state index >= 15 is 0 Å². The van der Waals surface area contributed by atoms with Crippen molar-refractivity contribution in [2.24, 2.45) is 0 Å². The molecule has 0 unspecified atom stereocenters. The maximum atomic E-state index is 13.1. The predicted octanol–water partition coefficient (Wildman–Crippen LogP) is 1.76. The number of rotatable bonds is 4. The molecule has 4 rings (SSSR count). The predicted molar refractivity (Wildman–Crippen MR) is 122 cm³/mol. The lowest BCUT2D eigenvalue weighted by Gasteiger charge is -2.37. The van der Waals surface area contributed by atoms with Crippen LogP contribution < -0.4 is 15.4 Å². The van der Waals surface area contributed by atoms with Crippen LogP contribution in [0.15, 0.2) is 23.1 Å². The maximum absolute atomic E-state index is 13.1. The number of nitrogens with two attached hydrogens (primary N) is 1. The van der Waals surface area contributed by atoms with E-state index in [-0.39, 0.29) is 16.5 Å². The van der Waals surface area contributed by atoms with Gasteiger partial charge in [0.15, 0.2) is 0 Å². The summed E-state index contributed by atoms with van der Waals surface area (Å²) < 4.78 is 29.0. The second-order valence-electron chi connectivity index (χ2n) is 9.02. The van der Waals surface area contributed by atoms with E-state index in [0.717, 1.165) is 29.5 Å². The molecule has 0 spiro atoms. The molecule has 1 saturated carbocycles. The molecule has 2 fully saturated rings. The molecule has 1 aliphatic heterocycles. The Kier molecular flexibility index (Phi) is 5.25. The average molecular weight is 447 g/mol. The highest BCUT2D eigenvalue weighted by molar-refractivity contribution is 7.89. The number of nitrogens with one attached hydrogen (secondary N) is 1. The molecule has 1 saturated heterocycles. The molecule has 10 heteroatoms. The van der Waals surface area contributed by atoms with Gasteiger partial charge in [0.05, 0.1) is 10.4 Å². The number of hydrogen-bond acceptors (Lipinski definition) is 6. The van der Waals surface area contributed by atoms with Gasteiger partial charge in [-0.25, -0.2) is 22.9 Å². The molecule has 1 aromatic carbocycles. The summed E-state index contributed by atoms with van der Waals surface area (Å²) in [5, 5.41) is 0.887. The zero-order valence-electron chi connectivity index (χ0n) is 18.5. The van der Waals surface area contributed by atoms with Crippen LogP contribution in [0.2, 0.25) is 0 Å². The van der Waals surface area contributed by atoms with Crippen molar-refractivity contribution in [2.45, 2.75) is 37.1 Å². The third kappa shape index (κ3) is 4.27. The van der Waals surface area contributed by atoms with Crippen LogP contribution in [0.25, 0.3) is 10.9 Å². The zero-order chi connectivity index (χ0) is 22.6. The number of benzene rings is 1. The van der Waals surface area contributed by atoms with Crippen molar-refractivity contribution in [1.29, 1.82) is 0 Å². The van der Waals surface area contributed by atoms with Gasteiger partial charge in [0.1, 0.15) is 5.82 Å². The maximum Gasteiger partial charge on any atom is 0.319 e. The molecule has 2 aliphatic rings. The number of aryl methyl sites for hydroxylation is 1. The van der Waals surface area contributed by atoms with E-state index in [1.807, 2.05) is 13.8 Å². The van der Waals surface area contributed by atoms with Gasteiger partial charge in [-0.1, -0.05) is 0 Å². The molecule has 0 atom stereocenters. The number of nitrogens with zero attached hydrogens (tertiary/aromatic N) is 4. The van der Waals surface area contributed by atoms with Gasteiger partial charge in [-0.3, -0.25) is 0 Å². The van der Waals surface area contributed by atoms with Crippen molar-refractivity contribution in [2.75, 3.05) is 50.9 Å². The van der Waals surface area contributed by atoms with Crippen LogP contribution in [0.4, 0.5) is 16.3 Å². The first-order valence-corrected chi connectivity index (χ1v) is 11.9. The van der Waals surface area contributed by atoms with Crippen LogP contribution in [0.3, 0.4) is 0 Å². The fourth-order valence-electron chi connectivity index (χ4n) is 4.04. The van der Waals surface area contributed by atoms with Crippen molar-refractivity contribution in [1.82, 2.24) is 19.5 Å². The lowest BCUT2D eigenvalue weighted by atomic mass is 10.1. The van der Waals surface area contributed by atoms with Gasteiger partial charge in [-0.15, -0.1) is 0 Å². The quantitative estimate of drug-likeness (QED) is 0.740. The SMILES string of the molecule is Cc1cc(N)nc2cc(S(=O)(=O)NC3(C)CC3)cc(N3CCN(C(=O)N(C)C)CC3)c12. The van der Waals surface area contributed by atoms with Gasteiger partial charge in [-0.05, 0) is 50.5 Å². The Morgan fingerprint density at radius 2 is 1.81 bits per heavy atom. The van der Waals surface area contributed by atoms with E-state index in [1.54, 1.807) is 42.1 Å². The molecule has 1 aliphatic carbocycles. The first-order valence-electron chi connectivity index (χ1n) is 10.5. The number of urea groups is 1. The van der Waals surface area contributed by atoms with E-state index < -0.39 is 10.0 Å². The highest BCUT2D eigenvalue weighted by Gasteiger charge is 2.41. The first-order chi connectivity index (χ1) is 14.5. The van der Waals surface area contributed by atoms with Crippen LogP contribution in [0.5, 0.6) is 0 Å². The summed E-state index contributed by atoms with van der Waals surface area (Å²) in [6.45, 7) is 6.20. The minimum absolute atomic E-state index is 0.0201. The number of pyridine rings is 1. The Labute approximate surface area is 183 Å². The smallest absolute Gasteiger partial charge is 0.319 e. The Balaban J connectivity index is 1.74. The van der Waals surface area contributed by atoms with Crippen molar-refractivity contribution in [3.63, 3.8) is 0 Å². The summed E-state index contributed by atoms with van der Waals surface area (Å²) in [5.41, 5.74) is 7.90. The minimum Gasteiger partial charge on any atom is -0.384 e. The monoisotopic (exact) mass is 446 g/mol. The number of piperazine rings is 1. The Morgan fingerprint density at radius 1 is 1.16 bits per heavy atom. The standard InChI is InChI=1S/C21H30N6O3S/c1-14-11-18(22)23-16-12-15(31(29,30)24-21(2)5-6-21)13-17(19(14)16)26-7-9-27(10-8-26)20(28)25(3)4/h11-13,24H,5-10H2,1-4H3,(H2,22,23). The number of aromatic nitrogens is 1. The first kappa shape index (κ1) is 21.6. The number of anilines is 2. The molecule has 0 radical (unpaired) electrons.